The molecule has 0 saturated carbocycles. The fraction of sp³-hybridized carbons (Fsp3) is 0.231. The van der Waals surface area contributed by atoms with Gasteiger partial charge >= 0.3 is 6.03 Å². The van der Waals surface area contributed by atoms with Crippen molar-refractivity contribution in [1.29, 1.82) is 0 Å². The summed E-state index contributed by atoms with van der Waals surface area (Å²) in [6, 6.07) is 22.2. The lowest BCUT2D eigenvalue weighted by Gasteiger charge is -2.36. The molecule has 3 aromatic carbocycles. The van der Waals surface area contributed by atoms with Crippen molar-refractivity contribution in [2.24, 2.45) is 0 Å². The predicted octanol–water partition coefficient (Wildman–Crippen LogP) is 4.79. The summed E-state index contributed by atoms with van der Waals surface area (Å²) in [5.74, 6) is 0.769. The van der Waals surface area contributed by atoms with Gasteiger partial charge in [-0.3, -0.25) is 9.69 Å². The number of carbonyl (C=O) groups excluding carboxylic acids is 2. The zero-order valence-corrected chi connectivity index (χ0v) is 18.8. The molecule has 3 amide bonds. The minimum Gasteiger partial charge on any atom is -0.496 e. The van der Waals surface area contributed by atoms with Gasteiger partial charge in [0.1, 0.15) is 11.5 Å². The normalized spacial score (nSPS) is 13.6. The van der Waals surface area contributed by atoms with Crippen LogP contribution in [0, 0.1) is 0 Å². The molecule has 0 bridgehead atoms. The van der Waals surface area contributed by atoms with Crippen molar-refractivity contribution in [3.8, 4) is 11.5 Å². The third-order valence-electron chi connectivity index (χ3n) is 5.61. The molecule has 7 nitrogen and oxygen atoms in total. The second-order valence-electron chi connectivity index (χ2n) is 7.74. The molecule has 170 valence electrons. The van der Waals surface area contributed by atoms with Gasteiger partial charge in [0.05, 0.1) is 25.5 Å². The van der Waals surface area contributed by atoms with Crippen molar-refractivity contribution in [3.63, 3.8) is 0 Å². The summed E-state index contributed by atoms with van der Waals surface area (Å²) < 4.78 is 10.8. The van der Waals surface area contributed by atoms with E-state index in [1.807, 2.05) is 41.3 Å². The minimum atomic E-state index is -0.292. The molecule has 0 aromatic heterocycles. The van der Waals surface area contributed by atoms with E-state index in [0.717, 1.165) is 12.0 Å². The van der Waals surface area contributed by atoms with Gasteiger partial charge in [-0.25, -0.2) is 4.79 Å². The van der Waals surface area contributed by atoms with Gasteiger partial charge in [-0.05, 0) is 42.3 Å². The number of hydrogen-bond acceptors (Lipinski definition) is 4. The monoisotopic (exact) mass is 445 g/mol. The molecule has 4 rings (SSSR count). The Bertz CT molecular complexity index is 1130. The molecule has 7 heteroatoms. The standard InChI is InChI=1S/C26H27N3O4/c1-32-23-12-7-6-11-21(23)25(30)27-20-13-14-24(33-2)22(17-20)29-16-8-15-28(26(29)31)18-19-9-4-3-5-10-19/h3-7,9-14,17H,8,15-16,18H2,1-2H3,(H,27,30). The van der Waals surface area contributed by atoms with E-state index in [4.69, 9.17) is 9.47 Å². The van der Waals surface area contributed by atoms with Crippen LogP contribution in [0.4, 0.5) is 16.2 Å². The van der Waals surface area contributed by atoms with Gasteiger partial charge in [-0.2, -0.15) is 0 Å². The molecule has 1 aliphatic rings. The van der Waals surface area contributed by atoms with Gasteiger partial charge < -0.3 is 19.7 Å². The summed E-state index contributed by atoms with van der Waals surface area (Å²) in [6.07, 6.45) is 0.833. The van der Waals surface area contributed by atoms with Crippen LogP contribution in [0.15, 0.2) is 72.8 Å². The number of para-hydroxylation sites is 1. The number of hydrogen-bond donors (Lipinski definition) is 1. The third-order valence-corrected chi connectivity index (χ3v) is 5.61. The van der Waals surface area contributed by atoms with E-state index in [0.29, 0.717) is 48.1 Å². The largest absolute Gasteiger partial charge is 0.496 e. The van der Waals surface area contributed by atoms with Gasteiger partial charge in [0, 0.05) is 25.3 Å². The van der Waals surface area contributed by atoms with Gasteiger partial charge in [-0.15, -0.1) is 0 Å². The first-order valence-electron chi connectivity index (χ1n) is 10.8. The number of nitrogens with zero attached hydrogens (tertiary/aromatic N) is 2. The summed E-state index contributed by atoms with van der Waals surface area (Å²) >= 11 is 0. The first-order valence-corrected chi connectivity index (χ1v) is 10.8. The fourth-order valence-corrected chi connectivity index (χ4v) is 3.97. The molecule has 1 aliphatic heterocycles. The van der Waals surface area contributed by atoms with Crippen molar-refractivity contribution in [3.05, 3.63) is 83.9 Å². The lowest BCUT2D eigenvalue weighted by Crippen LogP contribution is -2.49. The molecule has 0 unspecified atom stereocenters. The average molecular weight is 446 g/mol. The molecule has 0 atom stereocenters. The van der Waals surface area contributed by atoms with Crippen LogP contribution in [0.5, 0.6) is 11.5 Å². The van der Waals surface area contributed by atoms with Crippen LogP contribution in [0.1, 0.15) is 22.3 Å². The fourth-order valence-electron chi connectivity index (χ4n) is 3.97. The van der Waals surface area contributed by atoms with Crippen LogP contribution in [0.25, 0.3) is 0 Å². The molecule has 33 heavy (non-hydrogen) atoms. The minimum absolute atomic E-state index is 0.0865. The zero-order valence-electron chi connectivity index (χ0n) is 18.8. The Morgan fingerprint density at radius 1 is 0.909 bits per heavy atom. The number of amides is 3. The lowest BCUT2D eigenvalue weighted by molar-refractivity contribution is 0.102. The number of methoxy groups -OCH3 is 2. The number of anilines is 2. The van der Waals surface area contributed by atoms with E-state index < -0.39 is 0 Å². The third kappa shape index (κ3) is 4.92. The van der Waals surface area contributed by atoms with Crippen LogP contribution >= 0.6 is 0 Å². The van der Waals surface area contributed by atoms with E-state index >= 15 is 0 Å². The van der Waals surface area contributed by atoms with Crippen molar-refractivity contribution < 1.29 is 19.1 Å². The van der Waals surface area contributed by atoms with E-state index in [1.54, 1.807) is 48.4 Å². The van der Waals surface area contributed by atoms with E-state index in [9.17, 15) is 9.59 Å². The smallest absolute Gasteiger partial charge is 0.324 e. The van der Waals surface area contributed by atoms with Gasteiger partial charge in [-0.1, -0.05) is 42.5 Å². The maximum absolute atomic E-state index is 13.3. The quantitative estimate of drug-likeness (QED) is 0.568. The van der Waals surface area contributed by atoms with Gasteiger partial charge in [0.2, 0.25) is 0 Å². The Kier molecular flexibility index (Phi) is 6.78. The number of rotatable bonds is 7. The molecule has 1 heterocycles. The summed E-state index contributed by atoms with van der Waals surface area (Å²) in [7, 11) is 3.10. The Balaban J connectivity index is 1.57. The molecule has 3 aromatic rings. The summed E-state index contributed by atoms with van der Waals surface area (Å²) in [5.41, 5.74) is 2.70. The Morgan fingerprint density at radius 3 is 2.39 bits per heavy atom. The molecular formula is C26H27N3O4. The summed E-state index contributed by atoms with van der Waals surface area (Å²) in [6.45, 7) is 1.81. The van der Waals surface area contributed by atoms with E-state index in [-0.39, 0.29) is 11.9 Å². The highest BCUT2D eigenvalue weighted by Crippen LogP contribution is 2.34. The highest BCUT2D eigenvalue weighted by molar-refractivity contribution is 6.06. The Labute approximate surface area is 193 Å². The number of nitrogens with one attached hydrogen (secondary N) is 1. The second-order valence-corrected chi connectivity index (χ2v) is 7.74. The first kappa shape index (κ1) is 22.2. The summed E-state index contributed by atoms with van der Waals surface area (Å²) in [4.78, 5) is 29.7. The molecule has 0 radical (unpaired) electrons. The van der Waals surface area contributed by atoms with Crippen LogP contribution in [-0.4, -0.2) is 44.1 Å². The molecule has 1 saturated heterocycles. The van der Waals surface area contributed by atoms with Crippen molar-refractivity contribution in [2.45, 2.75) is 13.0 Å². The number of benzene rings is 3. The molecule has 1 fully saturated rings. The zero-order chi connectivity index (χ0) is 23.2. The van der Waals surface area contributed by atoms with Crippen molar-refractivity contribution in [2.75, 3.05) is 37.5 Å². The van der Waals surface area contributed by atoms with Gasteiger partial charge in [0.25, 0.3) is 5.91 Å². The highest BCUT2D eigenvalue weighted by Gasteiger charge is 2.29. The summed E-state index contributed by atoms with van der Waals surface area (Å²) in [5, 5.41) is 2.90. The van der Waals surface area contributed by atoms with E-state index in [2.05, 4.69) is 5.32 Å². The second kappa shape index (κ2) is 10.1. The topological polar surface area (TPSA) is 71.1 Å². The van der Waals surface area contributed by atoms with Crippen LogP contribution in [0.3, 0.4) is 0 Å². The molecular weight excluding hydrogens is 418 g/mol. The maximum Gasteiger partial charge on any atom is 0.324 e. The lowest BCUT2D eigenvalue weighted by atomic mass is 10.1. The SMILES string of the molecule is COc1ccccc1C(=O)Nc1ccc(OC)c(N2CCCN(Cc3ccccc3)C2=O)c1. The Hall–Kier alpha value is -4.00. The predicted molar refractivity (Wildman–Crippen MR) is 128 cm³/mol. The van der Waals surface area contributed by atoms with Crippen LogP contribution in [-0.2, 0) is 6.54 Å². The van der Waals surface area contributed by atoms with Crippen LogP contribution < -0.4 is 19.7 Å². The maximum atomic E-state index is 13.3. The average Bonchev–Trinajstić information content (AvgIpc) is 2.86. The van der Waals surface area contributed by atoms with E-state index in [1.165, 1.54) is 7.11 Å². The number of carbonyl (C=O) groups is 2. The van der Waals surface area contributed by atoms with Crippen molar-refractivity contribution in [1.82, 2.24) is 4.90 Å². The molecule has 0 aliphatic carbocycles. The Morgan fingerprint density at radius 2 is 1.64 bits per heavy atom. The molecule has 1 N–H and O–H groups in total. The van der Waals surface area contributed by atoms with Crippen LogP contribution in [0.2, 0.25) is 0 Å². The van der Waals surface area contributed by atoms with Gasteiger partial charge in [0.15, 0.2) is 0 Å². The number of urea groups is 1. The van der Waals surface area contributed by atoms with Crippen molar-refractivity contribution >= 4 is 23.3 Å². The highest BCUT2D eigenvalue weighted by atomic mass is 16.5. The first-order chi connectivity index (χ1) is 16.1. The molecule has 0 spiro atoms. The number of ether oxygens (including phenoxy) is 2.